The van der Waals surface area contributed by atoms with Crippen LogP contribution in [0.15, 0.2) is 16.9 Å². The maximum atomic E-state index is 6.15. The lowest BCUT2D eigenvalue weighted by atomic mass is 10.1. The van der Waals surface area contributed by atoms with Crippen molar-refractivity contribution >= 4 is 5.96 Å². The van der Waals surface area contributed by atoms with E-state index >= 15 is 0 Å². The minimum atomic E-state index is -0.664. The van der Waals surface area contributed by atoms with Gasteiger partial charge < -0.3 is 27.0 Å². The zero-order chi connectivity index (χ0) is 12.5. The molecule has 1 fully saturated rings. The minimum Gasteiger partial charge on any atom is -0.370 e. The number of guanidine groups is 1. The molecule has 0 aromatic rings. The van der Waals surface area contributed by atoms with Crippen molar-refractivity contribution in [2.45, 2.75) is 31.5 Å². The van der Waals surface area contributed by atoms with Gasteiger partial charge in [0.15, 0.2) is 5.96 Å². The first-order chi connectivity index (χ1) is 8.06. The third-order valence-corrected chi connectivity index (χ3v) is 3.47. The first-order valence-corrected chi connectivity index (χ1v) is 6.12. The number of nitrogens with two attached hydrogens (primary N) is 2. The third kappa shape index (κ3) is 2.53. The second-order valence-electron chi connectivity index (χ2n) is 4.72. The molecule has 2 atom stereocenters. The summed E-state index contributed by atoms with van der Waals surface area (Å²) in [6.07, 6.45) is 3.85. The predicted molar refractivity (Wildman–Crippen MR) is 69.1 cm³/mol. The fraction of sp³-hybridized carbons (Fsp3) is 0.727. The number of hydrogen-bond acceptors (Lipinski definition) is 6. The van der Waals surface area contributed by atoms with Gasteiger partial charge in [-0.15, -0.1) is 0 Å². The number of hydrogen-bond donors (Lipinski definition) is 4. The summed E-state index contributed by atoms with van der Waals surface area (Å²) in [5.41, 5.74) is 11.3. The van der Waals surface area contributed by atoms with Gasteiger partial charge in [0.05, 0.1) is 0 Å². The fourth-order valence-electron chi connectivity index (χ4n) is 2.25. The monoisotopic (exact) mass is 238 g/mol. The zero-order valence-electron chi connectivity index (χ0n) is 10.5. The highest BCUT2D eigenvalue weighted by Crippen LogP contribution is 2.21. The Balaban J connectivity index is 2.12. The van der Waals surface area contributed by atoms with Crippen LogP contribution in [0, 0.1) is 0 Å². The Morgan fingerprint density at radius 1 is 1.71 bits per heavy atom. The number of rotatable bonds is 3. The lowest BCUT2D eigenvalue weighted by Gasteiger charge is -2.31. The molecule has 0 saturated carbocycles. The van der Waals surface area contributed by atoms with E-state index in [0.29, 0.717) is 12.0 Å². The van der Waals surface area contributed by atoms with Gasteiger partial charge >= 0.3 is 0 Å². The van der Waals surface area contributed by atoms with E-state index in [-0.39, 0.29) is 0 Å². The van der Waals surface area contributed by atoms with Crippen molar-refractivity contribution in [2.24, 2.45) is 16.5 Å². The van der Waals surface area contributed by atoms with Crippen LogP contribution < -0.4 is 22.1 Å². The summed E-state index contributed by atoms with van der Waals surface area (Å²) >= 11 is 0. The highest BCUT2D eigenvalue weighted by Gasteiger charge is 2.29. The summed E-state index contributed by atoms with van der Waals surface area (Å²) in [6.45, 7) is 4.00. The van der Waals surface area contributed by atoms with Crippen LogP contribution in [0.2, 0.25) is 0 Å². The first kappa shape index (κ1) is 12.2. The molecule has 0 spiro atoms. The molecule has 2 aliphatic rings. The van der Waals surface area contributed by atoms with E-state index < -0.39 is 5.66 Å². The summed E-state index contributed by atoms with van der Waals surface area (Å²) in [5, 5.41) is 6.39. The molecular weight excluding hydrogens is 216 g/mol. The van der Waals surface area contributed by atoms with Crippen LogP contribution in [-0.4, -0.2) is 42.7 Å². The Labute approximate surface area is 102 Å². The Morgan fingerprint density at radius 2 is 2.47 bits per heavy atom. The SMILES string of the molecule is CCC1(N)C=C(N2CC[C@H](NC)C2)NC(N)=N1. The van der Waals surface area contributed by atoms with Crippen LogP contribution in [0.25, 0.3) is 0 Å². The van der Waals surface area contributed by atoms with Crippen LogP contribution in [0.1, 0.15) is 19.8 Å². The second kappa shape index (κ2) is 4.54. The smallest absolute Gasteiger partial charge is 0.196 e. The van der Waals surface area contributed by atoms with Gasteiger partial charge in [-0.3, -0.25) is 0 Å². The fourth-order valence-corrected chi connectivity index (χ4v) is 2.25. The van der Waals surface area contributed by atoms with Crippen LogP contribution >= 0.6 is 0 Å². The molecule has 2 heterocycles. The topological polar surface area (TPSA) is 91.7 Å². The molecule has 0 amide bonds. The lowest BCUT2D eigenvalue weighted by molar-refractivity contribution is 0.376. The summed E-state index contributed by atoms with van der Waals surface area (Å²) in [7, 11) is 1.99. The van der Waals surface area contributed by atoms with Crippen molar-refractivity contribution in [1.82, 2.24) is 15.5 Å². The van der Waals surface area contributed by atoms with E-state index in [2.05, 4.69) is 20.5 Å². The normalized spacial score (nSPS) is 33.1. The van der Waals surface area contributed by atoms with E-state index in [1.165, 1.54) is 0 Å². The number of likely N-dealkylation sites (N-methyl/N-ethyl adjacent to an activating group) is 1. The average Bonchev–Trinajstić information content (AvgIpc) is 2.76. The highest BCUT2D eigenvalue weighted by atomic mass is 15.3. The summed E-state index contributed by atoms with van der Waals surface area (Å²) in [4.78, 5) is 6.50. The van der Waals surface area contributed by atoms with Gasteiger partial charge in [-0.2, -0.15) is 0 Å². The van der Waals surface area contributed by atoms with Crippen LogP contribution in [0.5, 0.6) is 0 Å². The molecule has 1 unspecified atom stereocenters. The Bertz CT molecular complexity index is 350. The zero-order valence-corrected chi connectivity index (χ0v) is 10.5. The van der Waals surface area contributed by atoms with Gasteiger partial charge in [0.1, 0.15) is 11.5 Å². The third-order valence-electron chi connectivity index (χ3n) is 3.47. The molecule has 2 aliphatic heterocycles. The van der Waals surface area contributed by atoms with Crippen molar-refractivity contribution in [3.63, 3.8) is 0 Å². The second-order valence-corrected chi connectivity index (χ2v) is 4.72. The molecule has 0 radical (unpaired) electrons. The predicted octanol–water partition coefficient (Wildman–Crippen LogP) is -0.896. The largest absolute Gasteiger partial charge is 0.370 e. The maximum Gasteiger partial charge on any atom is 0.196 e. The lowest BCUT2D eigenvalue weighted by Crippen LogP contribution is -2.49. The molecule has 2 rings (SSSR count). The average molecular weight is 238 g/mol. The molecule has 17 heavy (non-hydrogen) atoms. The van der Waals surface area contributed by atoms with Crippen molar-refractivity contribution in [2.75, 3.05) is 20.1 Å². The van der Waals surface area contributed by atoms with E-state index in [9.17, 15) is 0 Å². The van der Waals surface area contributed by atoms with Gasteiger partial charge in [-0.1, -0.05) is 6.92 Å². The van der Waals surface area contributed by atoms with Crippen molar-refractivity contribution in [3.05, 3.63) is 11.9 Å². The van der Waals surface area contributed by atoms with E-state index in [1.807, 2.05) is 20.0 Å². The minimum absolute atomic E-state index is 0.403. The van der Waals surface area contributed by atoms with Crippen molar-refractivity contribution in [1.29, 1.82) is 0 Å². The molecule has 1 saturated heterocycles. The molecule has 6 heteroatoms. The molecule has 96 valence electrons. The van der Waals surface area contributed by atoms with Crippen molar-refractivity contribution in [3.8, 4) is 0 Å². The van der Waals surface area contributed by atoms with E-state index in [0.717, 1.165) is 31.8 Å². The Hall–Kier alpha value is -1.27. The first-order valence-electron chi connectivity index (χ1n) is 6.12. The molecule has 0 aromatic carbocycles. The molecule has 0 bridgehead atoms. The van der Waals surface area contributed by atoms with Gasteiger partial charge in [0.2, 0.25) is 0 Å². The number of aliphatic imine (C=N–C) groups is 1. The number of likely N-dealkylation sites (tertiary alicyclic amines) is 1. The number of nitrogens with one attached hydrogen (secondary N) is 2. The summed E-state index contributed by atoms with van der Waals surface area (Å²) < 4.78 is 0. The van der Waals surface area contributed by atoms with Crippen LogP contribution in [0.3, 0.4) is 0 Å². The Morgan fingerprint density at radius 3 is 3.06 bits per heavy atom. The number of nitrogens with zero attached hydrogens (tertiary/aromatic N) is 2. The molecule has 0 aromatic heterocycles. The highest BCUT2D eigenvalue weighted by molar-refractivity contribution is 5.81. The van der Waals surface area contributed by atoms with Gasteiger partial charge in [-0.05, 0) is 26.0 Å². The van der Waals surface area contributed by atoms with Gasteiger partial charge in [0, 0.05) is 19.1 Å². The van der Waals surface area contributed by atoms with Crippen molar-refractivity contribution < 1.29 is 0 Å². The van der Waals surface area contributed by atoms with Crippen LogP contribution in [-0.2, 0) is 0 Å². The Kier molecular flexibility index (Phi) is 3.26. The van der Waals surface area contributed by atoms with E-state index in [4.69, 9.17) is 11.5 Å². The maximum absolute atomic E-state index is 6.15. The molecule has 6 nitrogen and oxygen atoms in total. The molecule has 6 N–H and O–H groups in total. The molecular formula is C11H22N6. The van der Waals surface area contributed by atoms with Gasteiger partial charge in [0.25, 0.3) is 0 Å². The summed E-state index contributed by atoms with van der Waals surface area (Å²) in [5.74, 6) is 1.39. The van der Waals surface area contributed by atoms with Crippen LogP contribution in [0.4, 0.5) is 0 Å². The van der Waals surface area contributed by atoms with Gasteiger partial charge in [-0.25, -0.2) is 4.99 Å². The quantitative estimate of drug-likeness (QED) is 0.512. The standard InChI is InChI=1S/C11H22N6/c1-3-11(13)6-9(15-10(12)16-11)17-5-4-8(7-17)14-2/h6,8,14H,3-5,7,13H2,1-2H3,(H3,12,15,16)/t8-,11?/m0/s1. The summed E-state index contributed by atoms with van der Waals surface area (Å²) in [6, 6.07) is 0.534. The van der Waals surface area contributed by atoms with E-state index in [1.54, 1.807) is 0 Å². The molecule has 0 aliphatic carbocycles.